The fourth-order valence-corrected chi connectivity index (χ4v) is 3.28. The average molecular weight is 331 g/mol. The molecule has 3 heterocycles. The largest absolute Gasteiger partial charge is 0.382 e. The van der Waals surface area contributed by atoms with Gasteiger partial charge in [0.15, 0.2) is 5.82 Å². The van der Waals surface area contributed by atoms with Crippen molar-refractivity contribution in [3.63, 3.8) is 0 Å². The van der Waals surface area contributed by atoms with Crippen molar-refractivity contribution < 1.29 is 0 Å². The van der Waals surface area contributed by atoms with Crippen LogP contribution in [0.3, 0.4) is 0 Å². The summed E-state index contributed by atoms with van der Waals surface area (Å²) in [5.41, 5.74) is 10.2. The molecule has 0 saturated heterocycles. The Morgan fingerprint density at radius 2 is 1.96 bits per heavy atom. The Labute approximate surface area is 146 Å². The Morgan fingerprint density at radius 3 is 2.76 bits per heavy atom. The zero-order chi connectivity index (χ0) is 17.2. The summed E-state index contributed by atoms with van der Waals surface area (Å²) >= 11 is 0. The normalized spacial score (nSPS) is 11.4. The molecule has 5 nitrogen and oxygen atoms in total. The maximum absolute atomic E-state index is 6.23. The van der Waals surface area contributed by atoms with Gasteiger partial charge in [0, 0.05) is 24.2 Å². The van der Waals surface area contributed by atoms with Crippen molar-refractivity contribution in [3.05, 3.63) is 60.2 Å². The van der Waals surface area contributed by atoms with Crippen molar-refractivity contribution in [2.24, 2.45) is 0 Å². The van der Waals surface area contributed by atoms with Crippen molar-refractivity contribution >= 4 is 27.8 Å². The first-order valence-corrected chi connectivity index (χ1v) is 8.70. The molecule has 4 aromatic rings. The summed E-state index contributed by atoms with van der Waals surface area (Å²) < 4.78 is 2.28. The van der Waals surface area contributed by atoms with Gasteiger partial charge >= 0.3 is 0 Å². The number of imidazole rings is 1. The second-order valence-electron chi connectivity index (χ2n) is 6.29. The van der Waals surface area contributed by atoms with Crippen molar-refractivity contribution in [2.75, 3.05) is 5.73 Å². The van der Waals surface area contributed by atoms with Crippen molar-refractivity contribution in [1.82, 2.24) is 19.5 Å². The van der Waals surface area contributed by atoms with E-state index >= 15 is 0 Å². The predicted molar refractivity (Wildman–Crippen MR) is 101 cm³/mol. The third kappa shape index (κ3) is 2.82. The van der Waals surface area contributed by atoms with Crippen LogP contribution >= 0.6 is 0 Å². The highest BCUT2D eigenvalue weighted by Gasteiger charge is 2.17. The van der Waals surface area contributed by atoms with Gasteiger partial charge in [-0.3, -0.25) is 4.98 Å². The molecule has 0 radical (unpaired) electrons. The van der Waals surface area contributed by atoms with Crippen LogP contribution in [-0.4, -0.2) is 19.5 Å². The minimum absolute atomic E-state index is 0.497. The van der Waals surface area contributed by atoms with Gasteiger partial charge in [0.25, 0.3) is 0 Å². The molecule has 5 heteroatoms. The topological polar surface area (TPSA) is 69.6 Å². The van der Waals surface area contributed by atoms with E-state index in [0.29, 0.717) is 5.82 Å². The van der Waals surface area contributed by atoms with E-state index in [4.69, 9.17) is 10.7 Å². The van der Waals surface area contributed by atoms with Crippen LogP contribution in [0.4, 0.5) is 5.82 Å². The molecular formula is C20H21N5. The molecule has 0 fully saturated rings. The molecule has 0 aliphatic carbocycles. The number of hydrogen-bond donors (Lipinski definition) is 1. The molecule has 126 valence electrons. The van der Waals surface area contributed by atoms with E-state index < -0.39 is 0 Å². The first-order valence-electron chi connectivity index (χ1n) is 8.70. The zero-order valence-electron chi connectivity index (χ0n) is 14.3. The van der Waals surface area contributed by atoms with Crippen LogP contribution in [0.1, 0.15) is 31.2 Å². The number of fused-ring (bicyclic) bond motifs is 3. The molecule has 0 amide bonds. The van der Waals surface area contributed by atoms with Crippen LogP contribution in [0.5, 0.6) is 0 Å². The van der Waals surface area contributed by atoms with Crippen LogP contribution < -0.4 is 5.73 Å². The molecule has 0 saturated carbocycles. The molecule has 0 bridgehead atoms. The van der Waals surface area contributed by atoms with Gasteiger partial charge in [-0.2, -0.15) is 0 Å². The highest BCUT2D eigenvalue weighted by molar-refractivity contribution is 6.06. The number of nitrogens with zero attached hydrogens (tertiary/aromatic N) is 4. The lowest BCUT2D eigenvalue weighted by Crippen LogP contribution is -2.06. The highest BCUT2D eigenvalue weighted by Crippen LogP contribution is 2.29. The minimum atomic E-state index is 0.497. The number of para-hydroxylation sites is 1. The van der Waals surface area contributed by atoms with Crippen molar-refractivity contribution in [1.29, 1.82) is 0 Å². The molecule has 4 rings (SSSR count). The van der Waals surface area contributed by atoms with Gasteiger partial charge in [-0.25, -0.2) is 9.97 Å². The molecule has 0 aliphatic heterocycles. The Morgan fingerprint density at radius 1 is 1.08 bits per heavy atom. The maximum atomic E-state index is 6.23. The number of unbranched alkanes of at least 4 members (excludes halogenated alkanes) is 1. The summed E-state index contributed by atoms with van der Waals surface area (Å²) in [5.74, 6) is 1.56. The number of aryl methyl sites for hydroxylation is 1. The zero-order valence-corrected chi connectivity index (χ0v) is 14.3. The molecule has 3 aromatic heterocycles. The Bertz CT molecular complexity index is 1020. The quantitative estimate of drug-likeness (QED) is 0.601. The van der Waals surface area contributed by atoms with E-state index in [-0.39, 0.29) is 0 Å². The molecule has 0 spiro atoms. The Hall–Kier alpha value is -2.95. The number of nitrogen functional groups attached to an aromatic ring is 1. The number of benzene rings is 1. The van der Waals surface area contributed by atoms with Gasteiger partial charge in [0.2, 0.25) is 0 Å². The smallest absolute Gasteiger partial charge is 0.152 e. The van der Waals surface area contributed by atoms with Crippen molar-refractivity contribution in [3.8, 4) is 0 Å². The van der Waals surface area contributed by atoms with Gasteiger partial charge < -0.3 is 10.3 Å². The first-order chi connectivity index (χ1) is 12.3. The Balaban J connectivity index is 1.98. The lowest BCUT2D eigenvalue weighted by atomic mass is 10.1. The lowest BCUT2D eigenvalue weighted by Gasteiger charge is -2.11. The maximum Gasteiger partial charge on any atom is 0.152 e. The summed E-state index contributed by atoms with van der Waals surface area (Å²) in [7, 11) is 0. The van der Waals surface area contributed by atoms with Gasteiger partial charge in [0.1, 0.15) is 11.3 Å². The molecule has 0 unspecified atom stereocenters. The van der Waals surface area contributed by atoms with Gasteiger partial charge in [-0.15, -0.1) is 0 Å². The van der Waals surface area contributed by atoms with E-state index in [9.17, 15) is 0 Å². The molecule has 1 aromatic carbocycles. The number of rotatable bonds is 5. The summed E-state index contributed by atoms with van der Waals surface area (Å²) in [5, 5.41) is 1.09. The Kier molecular flexibility index (Phi) is 4.06. The summed E-state index contributed by atoms with van der Waals surface area (Å²) in [6.45, 7) is 2.93. The summed E-state index contributed by atoms with van der Waals surface area (Å²) in [6, 6.07) is 12.2. The summed E-state index contributed by atoms with van der Waals surface area (Å²) in [4.78, 5) is 13.6. The van der Waals surface area contributed by atoms with E-state index in [1.54, 1.807) is 6.20 Å². The SMILES string of the molecule is CCCCc1nc2c(N)nc3ccccc3c2n1Cc1cccnc1. The molecule has 0 atom stereocenters. The van der Waals surface area contributed by atoms with Gasteiger partial charge in [-0.1, -0.05) is 37.6 Å². The van der Waals surface area contributed by atoms with Crippen LogP contribution in [-0.2, 0) is 13.0 Å². The van der Waals surface area contributed by atoms with Crippen LogP contribution in [0, 0.1) is 0 Å². The number of pyridine rings is 2. The fraction of sp³-hybridized carbons (Fsp3) is 0.250. The number of aromatic nitrogens is 4. The van der Waals surface area contributed by atoms with E-state index in [1.807, 2.05) is 30.5 Å². The van der Waals surface area contributed by atoms with E-state index in [0.717, 1.165) is 59.1 Å². The second kappa shape index (κ2) is 6.51. The number of anilines is 1. The van der Waals surface area contributed by atoms with Crippen LogP contribution in [0.15, 0.2) is 48.8 Å². The average Bonchev–Trinajstić information content (AvgIpc) is 3.00. The minimum Gasteiger partial charge on any atom is -0.382 e. The van der Waals surface area contributed by atoms with Crippen LogP contribution in [0.2, 0.25) is 0 Å². The summed E-state index contributed by atoms with van der Waals surface area (Å²) in [6.07, 6.45) is 6.86. The van der Waals surface area contributed by atoms with Crippen LogP contribution in [0.25, 0.3) is 21.9 Å². The monoisotopic (exact) mass is 331 g/mol. The fourth-order valence-electron chi connectivity index (χ4n) is 3.28. The second-order valence-corrected chi connectivity index (χ2v) is 6.29. The number of nitrogens with two attached hydrogens (primary N) is 1. The standard InChI is InChI=1S/C20H21N5/c1-2-3-10-17-24-18-19(25(17)13-14-7-6-11-22-12-14)15-8-4-5-9-16(15)23-20(18)21/h4-9,11-12H,2-3,10,13H2,1H3,(H2,21,23). The molecule has 2 N–H and O–H groups in total. The third-order valence-electron chi connectivity index (χ3n) is 4.51. The first kappa shape index (κ1) is 15.6. The highest BCUT2D eigenvalue weighted by atomic mass is 15.1. The van der Waals surface area contributed by atoms with Gasteiger partial charge in [-0.05, 0) is 24.1 Å². The molecular weight excluding hydrogens is 310 g/mol. The van der Waals surface area contributed by atoms with Crippen molar-refractivity contribution in [2.45, 2.75) is 32.7 Å². The lowest BCUT2D eigenvalue weighted by molar-refractivity contribution is 0.689. The number of hydrogen-bond acceptors (Lipinski definition) is 4. The van der Waals surface area contributed by atoms with E-state index in [2.05, 4.69) is 33.6 Å². The predicted octanol–water partition coefficient (Wildman–Crippen LogP) is 3.95. The third-order valence-corrected chi connectivity index (χ3v) is 4.51. The molecule has 0 aliphatic rings. The van der Waals surface area contributed by atoms with Gasteiger partial charge in [0.05, 0.1) is 17.6 Å². The van der Waals surface area contributed by atoms with E-state index in [1.165, 1.54) is 0 Å². The molecule has 25 heavy (non-hydrogen) atoms.